The van der Waals surface area contributed by atoms with Crippen LogP contribution in [-0.4, -0.2) is 17.7 Å². The summed E-state index contributed by atoms with van der Waals surface area (Å²) >= 11 is 12.4. The number of rotatable bonds is 8. The van der Waals surface area contributed by atoms with Crippen molar-refractivity contribution in [1.29, 1.82) is 0 Å². The van der Waals surface area contributed by atoms with Crippen LogP contribution in [0.1, 0.15) is 34.8 Å². The second-order valence-electron chi connectivity index (χ2n) is 5.34. The van der Waals surface area contributed by atoms with Crippen LogP contribution in [0.25, 0.3) is 0 Å². The number of carbonyl (C=O) groups is 1. The third-order valence-corrected chi connectivity index (χ3v) is 3.93. The van der Waals surface area contributed by atoms with Crippen molar-refractivity contribution in [2.24, 2.45) is 0 Å². The lowest BCUT2D eigenvalue weighted by Crippen LogP contribution is -2.13. The standard InChI is InChI=1S/C18H19Cl2NO3/c1-2-7-24-17-15(19)8-13(9-16(17)20)11-21-10-12-3-5-14(6-4-12)18(22)23/h3-6,8-9,21H,2,7,10-11H2,1H3,(H,22,23). The van der Waals surface area contributed by atoms with Gasteiger partial charge in [-0.05, 0) is 41.8 Å². The number of nitrogens with one attached hydrogen (secondary N) is 1. The van der Waals surface area contributed by atoms with E-state index in [-0.39, 0.29) is 5.56 Å². The molecule has 2 rings (SSSR count). The molecule has 0 spiro atoms. The number of aromatic carboxylic acids is 1. The summed E-state index contributed by atoms with van der Waals surface area (Å²) in [6, 6.07) is 10.4. The highest BCUT2D eigenvalue weighted by atomic mass is 35.5. The van der Waals surface area contributed by atoms with E-state index in [4.69, 9.17) is 33.0 Å². The van der Waals surface area contributed by atoms with Gasteiger partial charge in [-0.25, -0.2) is 4.79 Å². The van der Waals surface area contributed by atoms with E-state index in [1.165, 1.54) is 0 Å². The highest BCUT2D eigenvalue weighted by molar-refractivity contribution is 6.37. The summed E-state index contributed by atoms with van der Waals surface area (Å²) in [5.74, 6) is -0.405. The van der Waals surface area contributed by atoms with E-state index in [9.17, 15) is 4.79 Å². The lowest BCUT2D eigenvalue weighted by molar-refractivity contribution is 0.0697. The highest BCUT2D eigenvalue weighted by Gasteiger charge is 2.09. The Morgan fingerprint density at radius 1 is 1.08 bits per heavy atom. The summed E-state index contributed by atoms with van der Waals surface area (Å²) in [7, 11) is 0. The Bertz CT molecular complexity index is 679. The predicted octanol–water partition coefficient (Wildman–Crippen LogP) is 4.77. The van der Waals surface area contributed by atoms with Crippen molar-refractivity contribution < 1.29 is 14.6 Å². The molecule has 0 aliphatic heterocycles. The van der Waals surface area contributed by atoms with E-state index in [0.29, 0.717) is 35.5 Å². The summed E-state index contributed by atoms with van der Waals surface area (Å²) in [4.78, 5) is 10.8. The Hall–Kier alpha value is -1.75. The molecule has 0 atom stereocenters. The summed E-state index contributed by atoms with van der Waals surface area (Å²) in [5.41, 5.74) is 2.23. The summed E-state index contributed by atoms with van der Waals surface area (Å²) in [6.45, 7) is 3.80. The highest BCUT2D eigenvalue weighted by Crippen LogP contribution is 2.34. The van der Waals surface area contributed by atoms with Gasteiger partial charge in [0, 0.05) is 13.1 Å². The summed E-state index contributed by atoms with van der Waals surface area (Å²) in [6.07, 6.45) is 0.886. The predicted molar refractivity (Wildman–Crippen MR) is 96.2 cm³/mol. The van der Waals surface area contributed by atoms with Crippen LogP contribution in [0.5, 0.6) is 5.75 Å². The zero-order valence-electron chi connectivity index (χ0n) is 13.3. The minimum atomic E-state index is -0.927. The molecule has 24 heavy (non-hydrogen) atoms. The van der Waals surface area contributed by atoms with Crippen LogP contribution in [-0.2, 0) is 13.1 Å². The minimum Gasteiger partial charge on any atom is -0.490 e. The Morgan fingerprint density at radius 3 is 2.21 bits per heavy atom. The van der Waals surface area contributed by atoms with Crippen LogP contribution in [0.2, 0.25) is 10.0 Å². The number of benzene rings is 2. The first-order chi connectivity index (χ1) is 11.5. The van der Waals surface area contributed by atoms with Gasteiger partial charge in [0.25, 0.3) is 0 Å². The minimum absolute atomic E-state index is 0.278. The maximum Gasteiger partial charge on any atom is 0.335 e. The van der Waals surface area contributed by atoms with Gasteiger partial charge in [0.15, 0.2) is 5.75 Å². The molecule has 0 saturated carbocycles. The molecule has 0 aliphatic carbocycles. The molecule has 0 bridgehead atoms. The van der Waals surface area contributed by atoms with Crippen LogP contribution in [0.3, 0.4) is 0 Å². The zero-order chi connectivity index (χ0) is 17.5. The van der Waals surface area contributed by atoms with Crippen molar-refractivity contribution in [3.63, 3.8) is 0 Å². The fourth-order valence-electron chi connectivity index (χ4n) is 2.17. The molecular weight excluding hydrogens is 349 g/mol. The lowest BCUT2D eigenvalue weighted by Gasteiger charge is -2.12. The van der Waals surface area contributed by atoms with Gasteiger partial charge < -0.3 is 15.2 Å². The number of hydrogen-bond acceptors (Lipinski definition) is 3. The fourth-order valence-corrected chi connectivity index (χ4v) is 2.81. The molecule has 2 aromatic rings. The van der Waals surface area contributed by atoms with E-state index >= 15 is 0 Å². The molecule has 2 aromatic carbocycles. The Morgan fingerprint density at radius 2 is 1.67 bits per heavy atom. The molecule has 0 saturated heterocycles. The quantitative estimate of drug-likeness (QED) is 0.705. The third kappa shape index (κ3) is 5.13. The van der Waals surface area contributed by atoms with Crippen LogP contribution < -0.4 is 10.1 Å². The molecule has 2 N–H and O–H groups in total. The molecule has 0 aliphatic rings. The average Bonchev–Trinajstić information content (AvgIpc) is 2.54. The second-order valence-corrected chi connectivity index (χ2v) is 6.16. The van der Waals surface area contributed by atoms with E-state index in [2.05, 4.69) is 5.32 Å². The topological polar surface area (TPSA) is 58.6 Å². The first-order valence-corrected chi connectivity index (χ1v) is 8.40. The maximum absolute atomic E-state index is 10.8. The zero-order valence-corrected chi connectivity index (χ0v) is 14.8. The summed E-state index contributed by atoms with van der Waals surface area (Å²) < 4.78 is 5.54. The molecule has 0 unspecified atom stereocenters. The van der Waals surface area contributed by atoms with Gasteiger partial charge in [0.1, 0.15) is 0 Å². The lowest BCUT2D eigenvalue weighted by atomic mass is 10.1. The van der Waals surface area contributed by atoms with E-state index < -0.39 is 5.97 Å². The van der Waals surface area contributed by atoms with E-state index in [1.54, 1.807) is 24.3 Å². The Kier molecular flexibility index (Phi) is 6.91. The SMILES string of the molecule is CCCOc1c(Cl)cc(CNCc2ccc(C(=O)O)cc2)cc1Cl. The van der Waals surface area contributed by atoms with Gasteiger partial charge in [-0.3, -0.25) is 0 Å². The normalized spacial score (nSPS) is 10.6. The molecule has 0 heterocycles. The smallest absolute Gasteiger partial charge is 0.335 e. The van der Waals surface area contributed by atoms with Crippen molar-refractivity contribution in [3.05, 3.63) is 63.1 Å². The van der Waals surface area contributed by atoms with Crippen molar-refractivity contribution >= 4 is 29.2 Å². The number of halogens is 2. The monoisotopic (exact) mass is 367 g/mol. The number of carboxylic acid groups (broad SMARTS) is 1. The Balaban J connectivity index is 1.93. The van der Waals surface area contributed by atoms with Crippen LogP contribution in [0.15, 0.2) is 36.4 Å². The summed E-state index contributed by atoms with van der Waals surface area (Å²) in [5, 5.41) is 13.2. The molecule has 0 amide bonds. The van der Waals surface area contributed by atoms with Gasteiger partial charge in [0.2, 0.25) is 0 Å². The van der Waals surface area contributed by atoms with Gasteiger partial charge in [0.05, 0.1) is 22.2 Å². The largest absolute Gasteiger partial charge is 0.490 e. The molecule has 128 valence electrons. The van der Waals surface area contributed by atoms with Gasteiger partial charge in [-0.15, -0.1) is 0 Å². The molecule has 4 nitrogen and oxygen atoms in total. The van der Waals surface area contributed by atoms with Crippen molar-refractivity contribution in [2.45, 2.75) is 26.4 Å². The van der Waals surface area contributed by atoms with Crippen molar-refractivity contribution in [1.82, 2.24) is 5.32 Å². The maximum atomic E-state index is 10.8. The van der Waals surface area contributed by atoms with Crippen molar-refractivity contribution in [3.8, 4) is 5.75 Å². The molecule has 0 aromatic heterocycles. The molecule has 6 heteroatoms. The van der Waals surface area contributed by atoms with Gasteiger partial charge in [-0.1, -0.05) is 42.3 Å². The first-order valence-electron chi connectivity index (χ1n) is 7.65. The fraction of sp³-hybridized carbons (Fsp3) is 0.278. The first kappa shape index (κ1) is 18.6. The molecule has 0 radical (unpaired) electrons. The average molecular weight is 368 g/mol. The molecular formula is C18H19Cl2NO3. The third-order valence-electron chi connectivity index (χ3n) is 3.37. The number of hydrogen-bond donors (Lipinski definition) is 2. The van der Waals surface area contributed by atoms with Crippen LogP contribution >= 0.6 is 23.2 Å². The van der Waals surface area contributed by atoms with Gasteiger partial charge >= 0.3 is 5.97 Å². The van der Waals surface area contributed by atoms with Crippen LogP contribution in [0.4, 0.5) is 0 Å². The van der Waals surface area contributed by atoms with Crippen molar-refractivity contribution in [2.75, 3.05) is 6.61 Å². The van der Waals surface area contributed by atoms with E-state index in [1.807, 2.05) is 19.1 Å². The number of ether oxygens (including phenoxy) is 1. The van der Waals surface area contributed by atoms with E-state index in [0.717, 1.165) is 17.5 Å². The second kappa shape index (κ2) is 8.92. The number of carboxylic acids is 1. The van der Waals surface area contributed by atoms with Gasteiger partial charge in [-0.2, -0.15) is 0 Å². The van der Waals surface area contributed by atoms with Crippen LogP contribution in [0, 0.1) is 0 Å². The Labute approximate surface area is 151 Å². The molecule has 0 fully saturated rings.